The van der Waals surface area contributed by atoms with Crippen LogP contribution in [0.1, 0.15) is 4.88 Å². The first kappa shape index (κ1) is 14.0. The average molecular weight is 320 g/mol. The molecular formula is C14H12N2O3S2. The number of H-pyrrole nitrogens is 1. The second-order valence-electron chi connectivity index (χ2n) is 4.72. The van der Waals surface area contributed by atoms with Crippen molar-refractivity contribution in [1.29, 1.82) is 0 Å². The lowest BCUT2D eigenvalue weighted by atomic mass is 10.0. The van der Waals surface area contributed by atoms with E-state index in [1.807, 2.05) is 37.3 Å². The fourth-order valence-electron chi connectivity index (χ4n) is 2.23. The van der Waals surface area contributed by atoms with Crippen molar-refractivity contribution in [1.82, 2.24) is 9.97 Å². The Morgan fingerprint density at radius 3 is 2.48 bits per heavy atom. The van der Waals surface area contributed by atoms with Gasteiger partial charge in [-0.25, -0.2) is 13.4 Å². The molecule has 0 spiro atoms. The molecule has 7 heteroatoms. The molecule has 108 valence electrons. The first-order valence-electron chi connectivity index (χ1n) is 6.17. The summed E-state index contributed by atoms with van der Waals surface area (Å²) in [5, 5.41) is 0.150. The number of nitrogens with zero attached hydrogens (tertiary/aromatic N) is 1. The molecule has 0 saturated heterocycles. The van der Waals surface area contributed by atoms with Crippen LogP contribution in [0.4, 0.5) is 0 Å². The van der Waals surface area contributed by atoms with Crippen LogP contribution in [0.2, 0.25) is 0 Å². The monoisotopic (exact) mass is 320 g/mol. The van der Waals surface area contributed by atoms with E-state index in [2.05, 4.69) is 9.97 Å². The van der Waals surface area contributed by atoms with Crippen LogP contribution in [0.15, 0.2) is 40.3 Å². The molecule has 3 rings (SSSR count). The molecular weight excluding hydrogens is 308 g/mol. The molecule has 2 aromatic heterocycles. The Morgan fingerprint density at radius 1 is 1.19 bits per heavy atom. The van der Waals surface area contributed by atoms with Gasteiger partial charge in [0.15, 0.2) is 0 Å². The van der Waals surface area contributed by atoms with Crippen LogP contribution in [0.3, 0.4) is 0 Å². The lowest BCUT2D eigenvalue weighted by Crippen LogP contribution is -2.14. The maximum Gasteiger partial charge on any atom is 0.261 e. The zero-order chi connectivity index (χ0) is 15.2. The summed E-state index contributed by atoms with van der Waals surface area (Å²) in [4.78, 5) is 20.1. The molecule has 2 heterocycles. The number of nitrogens with one attached hydrogen (secondary N) is 1. The van der Waals surface area contributed by atoms with E-state index in [4.69, 9.17) is 0 Å². The molecule has 0 unspecified atom stereocenters. The molecule has 0 aliphatic carbocycles. The molecule has 21 heavy (non-hydrogen) atoms. The van der Waals surface area contributed by atoms with Crippen molar-refractivity contribution in [2.45, 2.75) is 12.1 Å². The topological polar surface area (TPSA) is 79.9 Å². The molecule has 0 aliphatic heterocycles. The number of aromatic amines is 1. The predicted octanol–water partition coefficient (Wildman–Crippen LogP) is 2.36. The summed E-state index contributed by atoms with van der Waals surface area (Å²) in [6.07, 6.45) is 1.02. The highest BCUT2D eigenvalue weighted by Gasteiger charge is 2.19. The SMILES string of the molecule is Cc1sc2nc(S(C)(=O)=O)[nH]c(=O)c2c1-c1ccccc1. The largest absolute Gasteiger partial charge is 0.297 e. The van der Waals surface area contributed by atoms with Gasteiger partial charge in [-0.1, -0.05) is 30.3 Å². The van der Waals surface area contributed by atoms with E-state index >= 15 is 0 Å². The smallest absolute Gasteiger partial charge is 0.261 e. The molecule has 0 aliphatic rings. The zero-order valence-corrected chi connectivity index (χ0v) is 13.0. The van der Waals surface area contributed by atoms with E-state index in [1.54, 1.807) is 0 Å². The number of hydrogen-bond acceptors (Lipinski definition) is 5. The second kappa shape index (κ2) is 4.78. The highest BCUT2D eigenvalue weighted by Crippen LogP contribution is 2.35. The van der Waals surface area contributed by atoms with Crippen molar-refractivity contribution in [2.75, 3.05) is 6.26 Å². The lowest BCUT2D eigenvalue weighted by molar-refractivity contribution is 0.593. The number of thiophene rings is 1. The molecule has 3 aromatic rings. The zero-order valence-electron chi connectivity index (χ0n) is 11.4. The van der Waals surface area contributed by atoms with Gasteiger partial charge >= 0.3 is 0 Å². The molecule has 1 N–H and O–H groups in total. The standard InChI is InChI=1S/C14H12N2O3S2/c1-8-10(9-6-4-3-5-7-9)11-12(17)15-14(21(2,18)19)16-13(11)20-8/h3-7H,1-2H3,(H,15,16,17). The maximum atomic E-state index is 12.3. The third-order valence-electron chi connectivity index (χ3n) is 3.13. The van der Waals surface area contributed by atoms with Gasteiger partial charge in [0.25, 0.3) is 5.56 Å². The summed E-state index contributed by atoms with van der Waals surface area (Å²) in [7, 11) is -3.55. The number of aromatic nitrogens is 2. The van der Waals surface area contributed by atoms with E-state index in [0.29, 0.717) is 10.2 Å². The fourth-order valence-corrected chi connectivity index (χ4v) is 3.87. The van der Waals surface area contributed by atoms with Gasteiger partial charge in [0, 0.05) is 16.7 Å². The fraction of sp³-hybridized carbons (Fsp3) is 0.143. The Hall–Kier alpha value is -1.99. The number of aryl methyl sites for hydroxylation is 1. The van der Waals surface area contributed by atoms with E-state index in [9.17, 15) is 13.2 Å². The molecule has 0 atom stereocenters. The third kappa shape index (κ3) is 2.38. The van der Waals surface area contributed by atoms with Crippen LogP contribution in [0.25, 0.3) is 21.3 Å². The maximum absolute atomic E-state index is 12.3. The van der Waals surface area contributed by atoms with Crippen molar-refractivity contribution in [3.05, 3.63) is 45.6 Å². The lowest BCUT2D eigenvalue weighted by Gasteiger charge is -2.01. The highest BCUT2D eigenvalue weighted by molar-refractivity contribution is 7.90. The first-order chi connectivity index (χ1) is 9.88. The Bertz CT molecular complexity index is 986. The van der Waals surface area contributed by atoms with E-state index in [0.717, 1.165) is 22.3 Å². The van der Waals surface area contributed by atoms with Gasteiger partial charge in [-0.3, -0.25) is 9.78 Å². The Balaban J connectivity index is 2.40. The van der Waals surface area contributed by atoms with E-state index in [1.165, 1.54) is 11.3 Å². The van der Waals surface area contributed by atoms with E-state index in [-0.39, 0.29) is 5.16 Å². The minimum Gasteiger partial charge on any atom is -0.297 e. The van der Waals surface area contributed by atoms with Crippen molar-refractivity contribution >= 4 is 31.4 Å². The van der Waals surface area contributed by atoms with Crippen LogP contribution >= 0.6 is 11.3 Å². The van der Waals surface area contributed by atoms with E-state index < -0.39 is 15.4 Å². The Kier molecular flexibility index (Phi) is 3.18. The van der Waals surface area contributed by atoms with Crippen LogP contribution in [-0.4, -0.2) is 24.6 Å². The summed E-state index contributed by atoms with van der Waals surface area (Å²) in [6.45, 7) is 1.90. The molecule has 0 fully saturated rings. The van der Waals surface area contributed by atoms with Crippen molar-refractivity contribution in [3.8, 4) is 11.1 Å². The van der Waals surface area contributed by atoms with Crippen LogP contribution in [0, 0.1) is 6.92 Å². The van der Waals surface area contributed by atoms with Crippen molar-refractivity contribution in [3.63, 3.8) is 0 Å². The molecule has 0 bridgehead atoms. The number of hydrogen-bond donors (Lipinski definition) is 1. The van der Waals surface area contributed by atoms with Gasteiger partial charge in [-0.15, -0.1) is 11.3 Å². The van der Waals surface area contributed by atoms with Crippen molar-refractivity contribution in [2.24, 2.45) is 0 Å². The van der Waals surface area contributed by atoms with Gasteiger partial charge in [-0.05, 0) is 12.5 Å². The first-order valence-corrected chi connectivity index (χ1v) is 8.87. The predicted molar refractivity (Wildman–Crippen MR) is 83.5 cm³/mol. The highest BCUT2D eigenvalue weighted by atomic mass is 32.2. The van der Waals surface area contributed by atoms with Crippen LogP contribution < -0.4 is 5.56 Å². The quantitative estimate of drug-likeness (QED) is 0.735. The second-order valence-corrected chi connectivity index (χ2v) is 7.86. The molecule has 1 aromatic carbocycles. The van der Waals surface area contributed by atoms with Gasteiger partial charge in [-0.2, -0.15) is 0 Å². The Labute approximate surface area is 125 Å². The minimum absolute atomic E-state index is 0.291. The summed E-state index contributed by atoms with van der Waals surface area (Å²) in [6, 6.07) is 9.52. The van der Waals surface area contributed by atoms with Gasteiger partial charge in [0.05, 0.1) is 5.39 Å². The average Bonchev–Trinajstić information content (AvgIpc) is 2.75. The number of sulfone groups is 1. The summed E-state index contributed by atoms with van der Waals surface area (Å²) in [5.41, 5.74) is 1.30. The normalized spacial score (nSPS) is 11.9. The summed E-state index contributed by atoms with van der Waals surface area (Å²) >= 11 is 1.32. The molecule has 0 radical (unpaired) electrons. The third-order valence-corrected chi connectivity index (χ3v) is 5.02. The Morgan fingerprint density at radius 2 is 1.86 bits per heavy atom. The summed E-state index contributed by atoms with van der Waals surface area (Å²) < 4.78 is 23.1. The number of benzene rings is 1. The number of fused-ring (bicyclic) bond motifs is 1. The van der Waals surface area contributed by atoms with Gasteiger partial charge in [0.2, 0.25) is 15.0 Å². The van der Waals surface area contributed by atoms with Gasteiger partial charge < -0.3 is 0 Å². The van der Waals surface area contributed by atoms with Crippen LogP contribution in [-0.2, 0) is 9.84 Å². The summed E-state index contributed by atoms with van der Waals surface area (Å²) in [5.74, 6) is 0. The molecule has 5 nitrogen and oxygen atoms in total. The molecule has 0 amide bonds. The minimum atomic E-state index is -3.55. The van der Waals surface area contributed by atoms with Crippen LogP contribution in [0.5, 0.6) is 0 Å². The van der Waals surface area contributed by atoms with Crippen molar-refractivity contribution < 1.29 is 8.42 Å². The van der Waals surface area contributed by atoms with Gasteiger partial charge in [0.1, 0.15) is 4.83 Å². The molecule has 0 saturated carbocycles. The number of rotatable bonds is 2.